The molecule has 188 valence electrons. The fourth-order valence-electron chi connectivity index (χ4n) is 3.91. The largest absolute Gasteiger partial charge is 0.493 e. The molecule has 0 bridgehead atoms. The zero-order chi connectivity index (χ0) is 25.7. The minimum atomic E-state index is -0.342. The lowest BCUT2D eigenvalue weighted by Gasteiger charge is -2.11. The number of nitrogens with one attached hydrogen (secondary N) is 1. The molecule has 0 saturated carbocycles. The first-order valence-electron chi connectivity index (χ1n) is 11.8. The number of nitrogens with zero attached hydrogens (tertiary/aromatic N) is 2. The topological polar surface area (TPSA) is 87.8 Å². The molecule has 0 aliphatic carbocycles. The molecule has 8 heteroatoms. The van der Waals surface area contributed by atoms with Gasteiger partial charge in [-0.15, -0.1) is 0 Å². The first-order chi connectivity index (χ1) is 17.4. The summed E-state index contributed by atoms with van der Waals surface area (Å²) in [7, 11) is 3.21. The molecule has 0 fully saturated rings. The Morgan fingerprint density at radius 2 is 1.69 bits per heavy atom. The molecule has 0 radical (unpaired) electrons. The van der Waals surface area contributed by atoms with E-state index >= 15 is 0 Å². The third kappa shape index (κ3) is 5.54. The van der Waals surface area contributed by atoms with Crippen LogP contribution < -0.4 is 19.5 Å². The zero-order valence-electron chi connectivity index (χ0n) is 21.3. The molecule has 4 aromatic rings. The first-order valence-corrected chi connectivity index (χ1v) is 11.8. The Morgan fingerprint density at radius 1 is 0.972 bits per heavy atom. The summed E-state index contributed by atoms with van der Waals surface area (Å²) < 4.78 is 24.1. The Bertz CT molecular complexity index is 1340. The summed E-state index contributed by atoms with van der Waals surface area (Å²) in [5.74, 6) is 2.51. The van der Waals surface area contributed by atoms with Gasteiger partial charge in [0.15, 0.2) is 17.3 Å². The Balaban J connectivity index is 1.41. The molecule has 4 rings (SSSR count). The van der Waals surface area contributed by atoms with Crippen LogP contribution in [0, 0.1) is 13.8 Å². The molecule has 0 saturated heterocycles. The van der Waals surface area contributed by atoms with Crippen LogP contribution in [0.5, 0.6) is 17.2 Å². The van der Waals surface area contributed by atoms with E-state index < -0.39 is 0 Å². The van der Waals surface area contributed by atoms with Crippen LogP contribution in [0.1, 0.15) is 45.8 Å². The van der Waals surface area contributed by atoms with Gasteiger partial charge in [0.25, 0.3) is 5.91 Å². The minimum absolute atomic E-state index is 0.210. The lowest BCUT2D eigenvalue weighted by Crippen LogP contribution is -2.12. The summed E-state index contributed by atoms with van der Waals surface area (Å²) >= 11 is 0. The number of benzene rings is 2. The normalized spacial score (nSPS) is 10.8. The van der Waals surface area contributed by atoms with Crippen LogP contribution in [0.4, 0.5) is 5.69 Å². The van der Waals surface area contributed by atoms with Crippen molar-refractivity contribution in [1.82, 2.24) is 9.78 Å². The van der Waals surface area contributed by atoms with Crippen molar-refractivity contribution in [3.63, 3.8) is 0 Å². The van der Waals surface area contributed by atoms with Gasteiger partial charge in [0.05, 0.1) is 37.8 Å². The third-order valence-electron chi connectivity index (χ3n) is 6.00. The van der Waals surface area contributed by atoms with Gasteiger partial charge >= 0.3 is 0 Å². The number of rotatable bonds is 10. The second-order valence-electron chi connectivity index (χ2n) is 8.40. The van der Waals surface area contributed by atoms with Gasteiger partial charge in [-0.1, -0.05) is 25.1 Å². The van der Waals surface area contributed by atoms with Crippen LogP contribution in [0.15, 0.2) is 59.0 Å². The van der Waals surface area contributed by atoms with E-state index in [9.17, 15) is 4.79 Å². The number of carbonyl (C=O) groups is 1. The molecule has 36 heavy (non-hydrogen) atoms. The third-order valence-corrected chi connectivity index (χ3v) is 6.00. The molecular weight excluding hydrogens is 458 g/mol. The highest BCUT2D eigenvalue weighted by Gasteiger charge is 2.18. The van der Waals surface area contributed by atoms with E-state index in [-0.39, 0.29) is 18.3 Å². The van der Waals surface area contributed by atoms with E-state index in [0.29, 0.717) is 35.2 Å². The maximum absolute atomic E-state index is 12.9. The van der Waals surface area contributed by atoms with E-state index in [4.69, 9.17) is 18.6 Å². The number of methoxy groups -OCH3 is 2. The highest BCUT2D eigenvalue weighted by Crippen LogP contribution is 2.29. The lowest BCUT2D eigenvalue weighted by atomic mass is 10.2. The molecule has 0 aliphatic rings. The SMILES string of the molecule is CCc1ccc(OCc2ccc(C(=O)Nc3c(C)nn(Cc4ccc(OC)c(OC)c4)c3C)o2)cc1. The smallest absolute Gasteiger partial charge is 0.291 e. The van der Waals surface area contributed by atoms with Crippen LogP contribution >= 0.6 is 0 Å². The highest BCUT2D eigenvalue weighted by atomic mass is 16.5. The van der Waals surface area contributed by atoms with E-state index in [0.717, 1.165) is 23.4 Å². The Labute approximate surface area is 210 Å². The molecule has 0 spiro atoms. The molecule has 2 aromatic carbocycles. The van der Waals surface area contributed by atoms with Gasteiger partial charge in [0, 0.05) is 0 Å². The molecule has 2 heterocycles. The van der Waals surface area contributed by atoms with Crippen molar-refractivity contribution < 1.29 is 23.4 Å². The molecular formula is C28H31N3O5. The summed E-state index contributed by atoms with van der Waals surface area (Å²) in [5, 5.41) is 7.55. The average Bonchev–Trinajstić information content (AvgIpc) is 3.48. The van der Waals surface area contributed by atoms with Crippen molar-refractivity contribution in [2.24, 2.45) is 0 Å². The summed E-state index contributed by atoms with van der Waals surface area (Å²) in [4.78, 5) is 12.9. The number of anilines is 1. The number of ether oxygens (including phenoxy) is 3. The predicted octanol–water partition coefficient (Wildman–Crippen LogP) is 5.55. The quantitative estimate of drug-likeness (QED) is 0.314. The Kier molecular flexibility index (Phi) is 7.63. The maximum Gasteiger partial charge on any atom is 0.291 e. The highest BCUT2D eigenvalue weighted by molar-refractivity contribution is 6.02. The van der Waals surface area contributed by atoms with Crippen LogP contribution in [-0.4, -0.2) is 29.9 Å². The van der Waals surface area contributed by atoms with Crippen LogP contribution in [-0.2, 0) is 19.6 Å². The summed E-state index contributed by atoms with van der Waals surface area (Å²) in [5.41, 5.74) is 4.45. The molecule has 1 N–H and O–H groups in total. The maximum atomic E-state index is 12.9. The van der Waals surface area contributed by atoms with Crippen LogP contribution in [0.3, 0.4) is 0 Å². The van der Waals surface area contributed by atoms with Gasteiger partial charge < -0.3 is 23.9 Å². The fourth-order valence-corrected chi connectivity index (χ4v) is 3.91. The lowest BCUT2D eigenvalue weighted by molar-refractivity contribution is 0.0992. The Morgan fingerprint density at radius 3 is 2.39 bits per heavy atom. The first kappa shape index (κ1) is 24.9. The summed E-state index contributed by atoms with van der Waals surface area (Å²) in [6.45, 7) is 6.64. The summed E-state index contributed by atoms with van der Waals surface area (Å²) in [6.07, 6.45) is 0.977. The predicted molar refractivity (Wildman–Crippen MR) is 137 cm³/mol. The number of hydrogen-bond acceptors (Lipinski definition) is 6. The van der Waals surface area contributed by atoms with Gasteiger partial charge in [-0.2, -0.15) is 5.10 Å². The van der Waals surface area contributed by atoms with Crippen molar-refractivity contribution in [2.45, 2.75) is 40.3 Å². The number of hydrogen-bond donors (Lipinski definition) is 1. The zero-order valence-corrected chi connectivity index (χ0v) is 21.3. The molecule has 2 aromatic heterocycles. The van der Waals surface area contributed by atoms with Crippen molar-refractivity contribution in [2.75, 3.05) is 19.5 Å². The number of carbonyl (C=O) groups excluding carboxylic acids is 1. The van der Waals surface area contributed by atoms with Crippen LogP contribution in [0.2, 0.25) is 0 Å². The van der Waals surface area contributed by atoms with Crippen molar-refractivity contribution >= 4 is 11.6 Å². The van der Waals surface area contributed by atoms with Gasteiger partial charge in [-0.05, 0) is 67.8 Å². The van der Waals surface area contributed by atoms with Gasteiger partial charge in [-0.3, -0.25) is 9.48 Å². The molecule has 0 atom stereocenters. The average molecular weight is 490 g/mol. The van der Waals surface area contributed by atoms with Gasteiger partial charge in [0.1, 0.15) is 18.1 Å². The molecule has 0 aliphatic heterocycles. The molecule has 8 nitrogen and oxygen atoms in total. The van der Waals surface area contributed by atoms with Crippen molar-refractivity contribution in [3.8, 4) is 17.2 Å². The van der Waals surface area contributed by atoms with E-state index in [1.807, 2.05) is 61.0 Å². The van der Waals surface area contributed by atoms with Crippen LogP contribution in [0.25, 0.3) is 0 Å². The second-order valence-corrected chi connectivity index (χ2v) is 8.40. The summed E-state index contributed by atoms with van der Waals surface area (Å²) in [6, 6.07) is 17.1. The van der Waals surface area contributed by atoms with Gasteiger partial charge in [-0.25, -0.2) is 0 Å². The van der Waals surface area contributed by atoms with E-state index in [1.54, 1.807) is 26.4 Å². The fraction of sp³-hybridized carbons (Fsp3) is 0.286. The molecule has 1 amide bonds. The van der Waals surface area contributed by atoms with Crippen molar-refractivity contribution in [1.29, 1.82) is 0 Å². The van der Waals surface area contributed by atoms with Crippen molar-refractivity contribution in [3.05, 3.63) is 88.6 Å². The van der Waals surface area contributed by atoms with Gasteiger partial charge in [0.2, 0.25) is 0 Å². The minimum Gasteiger partial charge on any atom is -0.493 e. The number of amides is 1. The standard InChI is InChI=1S/C28H31N3O5/c1-6-20-7-10-22(11-8-20)35-17-23-12-14-25(36-23)28(32)29-27-18(2)30-31(19(27)3)16-21-9-13-24(33-4)26(15-21)34-5/h7-15H,6,16-17H2,1-5H3,(H,29,32). The number of aryl methyl sites for hydroxylation is 2. The molecule has 0 unspecified atom stereocenters. The number of aromatic nitrogens is 2. The Hall–Kier alpha value is -4.20. The second kappa shape index (κ2) is 11.0. The van der Waals surface area contributed by atoms with E-state index in [2.05, 4.69) is 17.3 Å². The monoisotopic (exact) mass is 489 g/mol. The number of furan rings is 1. The van der Waals surface area contributed by atoms with E-state index in [1.165, 1.54) is 5.56 Å².